The van der Waals surface area contributed by atoms with Crippen LogP contribution in [0.4, 0.5) is 13.2 Å². The number of ether oxygens (including phenoxy) is 1. The maximum Gasteiger partial charge on any atom is 0.492 e. The summed E-state index contributed by atoms with van der Waals surface area (Å²) in [7, 11) is 1.01. The molecule has 0 aliphatic carbocycles. The van der Waals surface area contributed by atoms with Crippen LogP contribution in [-0.4, -0.2) is 48.7 Å². The molecule has 0 bridgehead atoms. The number of Topliss-reactive ketones (excluding diaryl/α,β-unsaturated/α-hetero) is 1. The van der Waals surface area contributed by atoms with Gasteiger partial charge in [0.25, 0.3) is 0 Å². The van der Waals surface area contributed by atoms with Crippen LogP contribution in [0.5, 0.6) is 0 Å². The number of hydroxylamine groups is 2. The van der Waals surface area contributed by atoms with Gasteiger partial charge in [-0.05, 0) is 0 Å². The fraction of sp³-hybridized carbons (Fsp3) is 0.625. The highest BCUT2D eigenvalue weighted by molar-refractivity contribution is 5.91. The molecule has 17 heavy (non-hydrogen) atoms. The lowest BCUT2D eigenvalue weighted by atomic mass is 10.2. The van der Waals surface area contributed by atoms with Crippen LogP contribution in [0.15, 0.2) is 0 Å². The van der Waals surface area contributed by atoms with E-state index in [2.05, 4.69) is 9.57 Å². The third-order valence-electron chi connectivity index (χ3n) is 2.01. The smallest absolute Gasteiger partial charge is 0.468 e. The van der Waals surface area contributed by atoms with Crippen molar-refractivity contribution in [3.05, 3.63) is 0 Å². The Morgan fingerprint density at radius 1 is 1.41 bits per heavy atom. The number of hydrogen-bond donors (Lipinski definition) is 0. The van der Waals surface area contributed by atoms with Crippen molar-refractivity contribution in [1.29, 1.82) is 0 Å². The van der Waals surface area contributed by atoms with E-state index < -0.39 is 36.5 Å². The van der Waals surface area contributed by atoms with Crippen molar-refractivity contribution in [2.45, 2.75) is 18.6 Å². The number of nitrogens with zero attached hydrogens (tertiary/aromatic N) is 1. The molecule has 1 aliphatic heterocycles. The maximum atomic E-state index is 11.9. The SMILES string of the molecule is COC(=O)[C@@H]1CC(=O)CN1OC(=O)C(F)(F)F. The third-order valence-corrected chi connectivity index (χ3v) is 2.01. The number of rotatable bonds is 2. The van der Waals surface area contributed by atoms with Gasteiger partial charge in [0.05, 0.1) is 13.7 Å². The lowest BCUT2D eigenvalue weighted by Crippen LogP contribution is -2.41. The molecule has 0 aromatic carbocycles. The summed E-state index contributed by atoms with van der Waals surface area (Å²) in [6.07, 6.45) is -5.54. The van der Waals surface area contributed by atoms with Crippen molar-refractivity contribution in [3.63, 3.8) is 0 Å². The van der Waals surface area contributed by atoms with Gasteiger partial charge in [-0.1, -0.05) is 0 Å². The average Bonchev–Trinajstić information content (AvgIpc) is 2.57. The van der Waals surface area contributed by atoms with Gasteiger partial charge in [0.2, 0.25) is 0 Å². The lowest BCUT2D eigenvalue weighted by molar-refractivity contribution is -0.241. The van der Waals surface area contributed by atoms with Crippen molar-refractivity contribution in [2.75, 3.05) is 13.7 Å². The molecule has 0 N–H and O–H groups in total. The molecule has 0 unspecified atom stereocenters. The molecule has 0 saturated carbocycles. The van der Waals surface area contributed by atoms with Crippen LogP contribution >= 0.6 is 0 Å². The van der Waals surface area contributed by atoms with E-state index in [1.54, 1.807) is 0 Å². The molecular formula is C8H8F3NO5. The van der Waals surface area contributed by atoms with Crippen molar-refractivity contribution >= 4 is 17.7 Å². The molecule has 0 radical (unpaired) electrons. The molecule has 1 saturated heterocycles. The average molecular weight is 255 g/mol. The molecule has 96 valence electrons. The molecule has 6 nitrogen and oxygen atoms in total. The number of methoxy groups -OCH3 is 1. The minimum Gasteiger partial charge on any atom is -0.468 e. The van der Waals surface area contributed by atoms with Crippen LogP contribution in [0.2, 0.25) is 0 Å². The zero-order valence-electron chi connectivity index (χ0n) is 8.61. The molecule has 1 rings (SSSR count). The van der Waals surface area contributed by atoms with Crippen LogP contribution in [0, 0.1) is 0 Å². The van der Waals surface area contributed by atoms with E-state index in [-0.39, 0.29) is 6.42 Å². The molecular weight excluding hydrogens is 247 g/mol. The summed E-state index contributed by atoms with van der Waals surface area (Å²) in [4.78, 5) is 36.6. The number of alkyl halides is 3. The zero-order chi connectivity index (χ0) is 13.2. The zero-order valence-corrected chi connectivity index (χ0v) is 8.61. The van der Waals surface area contributed by atoms with Gasteiger partial charge in [-0.2, -0.15) is 13.2 Å². The topological polar surface area (TPSA) is 72.9 Å². The number of ketones is 1. The monoisotopic (exact) mass is 255 g/mol. The summed E-state index contributed by atoms with van der Waals surface area (Å²) in [5.41, 5.74) is 0. The van der Waals surface area contributed by atoms with Crippen molar-refractivity contribution < 1.29 is 37.1 Å². The second kappa shape index (κ2) is 4.70. The third kappa shape index (κ3) is 3.16. The minimum absolute atomic E-state index is 0.349. The van der Waals surface area contributed by atoms with Gasteiger partial charge in [0.1, 0.15) is 0 Å². The predicted molar refractivity (Wildman–Crippen MR) is 44.3 cm³/mol. The van der Waals surface area contributed by atoms with E-state index >= 15 is 0 Å². The van der Waals surface area contributed by atoms with E-state index in [0.29, 0.717) is 5.06 Å². The summed E-state index contributed by atoms with van der Waals surface area (Å²) in [6.45, 7) is -0.568. The fourth-order valence-corrected chi connectivity index (χ4v) is 1.26. The fourth-order valence-electron chi connectivity index (χ4n) is 1.26. The lowest BCUT2D eigenvalue weighted by Gasteiger charge is -2.20. The summed E-state index contributed by atoms with van der Waals surface area (Å²) >= 11 is 0. The van der Waals surface area contributed by atoms with E-state index in [1.807, 2.05) is 0 Å². The van der Waals surface area contributed by atoms with Crippen molar-refractivity contribution in [3.8, 4) is 0 Å². The first kappa shape index (κ1) is 13.4. The molecule has 1 fully saturated rings. The first-order chi connectivity index (χ1) is 7.75. The van der Waals surface area contributed by atoms with Crippen LogP contribution in [0.25, 0.3) is 0 Å². The number of carbonyl (C=O) groups excluding carboxylic acids is 3. The standard InChI is InChI=1S/C8H8F3NO5/c1-16-6(14)5-2-4(13)3-12(5)17-7(15)8(9,10)11/h5H,2-3H2,1H3/t5-/m0/s1. The Balaban J connectivity index is 2.72. The van der Waals surface area contributed by atoms with Crippen LogP contribution < -0.4 is 0 Å². The summed E-state index contributed by atoms with van der Waals surface area (Å²) in [6, 6.07) is -1.32. The Kier molecular flexibility index (Phi) is 3.71. The van der Waals surface area contributed by atoms with Gasteiger partial charge in [-0.25, -0.2) is 4.79 Å². The quantitative estimate of drug-likeness (QED) is 0.637. The Labute approximate surface area is 93.2 Å². The number of hydrogen-bond acceptors (Lipinski definition) is 6. The van der Waals surface area contributed by atoms with Gasteiger partial charge >= 0.3 is 18.1 Å². The van der Waals surface area contributed by atoms with Gasteiger partial charge in [-0.3, -0.25) is 9.59 Å². The summed E-state index contributed by atoms with van der Waals surface area (Å²) in [5, 5.41) is 0.379. The molecule has 9 heteroatoms. The van der Waals surface area contributed by atoms with Crippen LogP contribution in [0.1, 0.15) is 6.42 Å². The predicted octanol–water partition coefficient (Wildman–Crippen LogP) is -0.177. The van der Waals surface area contributed by atoms with Gasteiger partial charge in [0.15, 0.2) is 11.8 Å². The Morgan fingerprint density at radius 3 is 2.47 bits per heavy atom. The normalized spacial score (nSPS) is 21.4. The van der Waals surface area contributed by atoms with E-state index in [9.17, 15) is 27.6 Å². The molecule has 0 spiro atoms. The van der Waals surface area contributed by atoms with Crippen LogP contribution in [0.3, 0.4) is 0 Å². The highest BCUT2D eigenvalue weighted by atomic mass is 19.4. The molecule has 1 heterocycles. The first-order valence-corrected chi connectivity index (χ1v) is 4.41. The van der Waals surface area contributed by atoms with E-state index in [4.69, 9.17) is 0 Å². The largest absolute Gasteiger partial charge is 0.492 e. The highest BCUT2D eigenvalue weighted by Crippen LogP contribution is 2.21. The second-order valence-corrected chi connectivity index (χ2v) is 3.23. The summed E-state index contributed by atoms with van der Waals surface area (Å²) in [5.74, 6) is -3.94. The highest BCUT2D eigenvalue weighted by Gasteiger charge is 2.46. The number of carbonyl (C=O) groups is 3. The van der Waals surface area contributed by atoms with Crippen molar-refractivity contribution in [1.82, 2.24) is 5.06 Å². The van der Waals surface area contributed by atoms with Gasteiger partial charge in [-0.15, -0.1) is 5.06 Å². The first-order valence-electron chi connectivity index (χ1n) is 4.41. The van der Waals surface area contributed by atoms with E-state index in [1.165, 1.54) is 0 Å². The Morgan fingerprint density at radius 2 is 2.00 bits per heavy atom. The maximum absolute atomic E-state index is 11.9. The molecule has 0 aromatic rings. The van der Waals surface area contributed by atoms with E-state index in [0.717, 1.165) is 7.11 Å². The van der Waals surface area contributed by atoms with Gasteiger partial charge in [0, 0.05) is 6.42 Å². The molecule has 0 aromatic heterocycles. The summed E-state index contributed by atoms with van der Waals surface area (Å²) < 4.78 is 40.0. The second-order valence-electron chi connectivity index (χ2n) is 3.23. The molecule has 1 atom stereocenters. The van der Waals surface area contributed by atoms with Crippen LogP contribution in [-0.2, 0) is 24.0 Å². The Bertz CT molecular complexity index is 354. The minimum atomic E-state index is -5.19. The van der Waals surface area contributed by atoms with Gasteiger partial charge < -0.3 is 9.57 Å². The number of esters is 1. The van der Waals surface area contributed by atoms with Crippen molar-refractivity contribution in [2.24, 2.45) is 0 Å². The molecule has 0 amide bonds. The number of halogens is 3. The Hall–Kier alpha value is -1.64. The molecule has 1 aliphatic rings.